The van der Waals surface area contributed by atoms with Gasteiger partial charge >= 0.3 is 0 Å². The molecule has 0 atom stereocenters. The first kappa shape index (κ1) is 13.1. The van der Waals surface area contributed by atoms with Crippen LogP contribution in [0.2, 0.25) is 0 Å². The Kier molecular flexibility index (Phi) is 4.76. The Balaban J connectivity index is 1.78. The maximum atomic E-state index is 11.3. The van der Waals surface area contributed by atoms with Crippen LogP contribution in [0.5, 0.6) is 0 Å². The van der Waals surface area contributed by atoms with E-state index in [1.165, 1.54) is 32.4 Å². The highest BCUT2D eigenvalue weighted by Crippen LogP contribution is 2.12. The summed E-state index contributed by atoms with van der Waals surface area (Å²) in [7, 11) is 0. The molecule has 0 aliphatic carbocycles. The van der Waals surface area contributed by atoms with E-state index in [0.29, 0.717) is 0 Å². The number of nitrogens with one attached hydrogen (secondary N) is 1. The van der Waals surface area contributed by atoms with Crippen LogP contribution in [0, 0.1) is 0 Å². The molecule has 1 saturated heterocycles. The highest BCUT2D eigenvalue weighted by atomic mass is 16.1. The predicted octanol–water partition coefficient (Wildman–Crippen LogP) is 2.79. The molecule has 0 unspecified atom stereocenters. The fourth-order valence-corrected chi connectivity index (χ4v) is 2.39. The molecule has 2 rings (SSSR count). The second kappa shape index (κ2) is 6.55. The third-order valence-corrected chi connectivity index (χ3v) is 3.47. The lowest BCUT2D eigenvalue weighted by Crippen LogP contribution is -2.33. The number of carbonyl (C=O) groups is 1. The van der Waals surface area contributed by atoms with E-state index in [2.05, 4.69) is 10.2 Å². The van der Waals surface area contributed by atoms with Gasteiger partial charge in [-0.05, 0) is 45.0 Å². The highest BCUT2D eigenvalue weighted by Gasteiger charge is 2.08. The number of rotatable bonds is 5. The molecule has 1 aliphatic rings. The lowest BCUT2D eigenvalue weighted by molar-refractivity contribution is 0.101. The molecule has 1 aromatic rings. The molecule has 1 N–H and O–H groups in total. The summed E-state index contributed by atoms with van der Waals surface area (Å²) in [5, 5.41) is 3.39. The molecule has 1 fully saturated rings. The minimum Gasteiger partial charge on any atom is -0.384 e. The molecule has 18 heavy (non-hydrogen) atoms. The van der Waals surface area contributed by atoms with Gasteiger partial charge in [0.25, 0.3) is 0 Å². The molecule has 0 saturated carbocycles. The standard InChI is InChI=1S/C15H22N2O/c1-13(18)14-6-5-7-15(12-14)16-8-11-17-9-3-2-4-10-17/h5-7,12,16H,2-4,8-11H2,1H3. The molecule has 0 amide bonds. The molecular weight excluding hydrogens is 224 g/mol. The summed E-state index contributed by atoms with van der Waals surface area (Å²) in [6, 6.07) is 7.74. The van der Waals surface area contributed by atoms with Gasteiger partial charge in [-0.3, -0.25) is 4.79 Å². The van der Waals surface area contributed by atoms with E-state index in [1.54, 1.807) is 6.92 Å². The van der Waals surface area contributed by atoms with Crippen molar-refractivity contribution >= 4 is 11.5 Å². The minimum atomic E-state index is 0.120. The first-order chi connectivity index (χ1) is 8.75. The summed E-state index contributed by atoms with van der Waals surface area (Å²) in [6.07, 6.45) is 4.05. The van der Waals surface area contributed by atoms with Crippen molar-refractivity contribution in [1.82, 2.24) is 4.90 Å². The van der Waals surface area contributed by atoms with Crippen LogP contribution in [0.1, 0.15) is 36.5 Å². The topological polar surface area (TPSA) is 32.3 Å². The summed E-state index contributed by atoms with van der Waals surface area (Å²) >= 11 is 0. The maximum absolute atomic E-state index is 11.3. The van der Waals surface area contributed by atoms with Crippen LogP contribution in [-0.2, 0) is 0 Å². The third-order valence-electron chi connectivity index (χ3n) is 3.47. The molecule has 0 aromatic heterocycles. The zero-order chi connectivity index (χ0) is 12.8. The Bertz CT molecular complexity index is 397. The van der Waals surface area contributed by atoms with Crippen LogP contribution in [-0.4, -0.2) is 36.9 Å². The average molecular weight is 246 g/mol. The van der Waals surface area contributed by atoms with Gasteiger partial charge in [0.05, 0.1) is 0 Å². The fourth-order valence-electron chi connectivity index (χ4n) is 2.39. The van der Waals surface area contributed by atoms with Crippen molar-refractivity contribution < 1.29 is 4.79 Å². The van der Waals surface area contributed by atoms with Crippen molar-refractivity contribution in [1.29, 1.82) is 0 Å². The Morgan fingerprint density at radius 2 is 2.06 bits per heavy atom. The van der Waals surface area contributed by atoms with Crippen LogP contribution in [0.25, 0.3) is 0 Å². The molecule has 0 spiro atoms. The molecule has 98 valence electrons. The number of piperidine rings is 1. The predicted molar refractivity (Wildman–Crippen MR) is 75.2 cm³/mol. The van der Waals surface area contributed by atoms with Gasteiger partial charge in [0.2, 0.25) is 0 Å². The molecule has 1 aliphatic heterocycles. The van der Waals surface area contributed by atoms with Gasteiger partial charge in [0, 0.05) is 24.3 Å². The highest BCUT2D eigenvalue weighted by molar-refractivity contribution is 5.94. The summed E-state index contributed by atoms with van der Waals surface area (Å²) in [4.78, 5) is 13.8. The molecule has 3 heteroatoms. The molecule has 0 radical (unpaired) electrons. The van der Waals surface area contributed by atoms with E-state index in [4.69, 9.17) is 0 Å². The van der Waals surface area contributed by atoms with Crippen LogP contribution < -0.4 is 5.32 Å². The number of likely N-dealkylation sites (tertiary alicyclic amines) is 1. The lowest BCUT2D eigenvalue weighted by atomic mass is 10.1. The van der Waals surface area contributed by atoms with Gasteiger partial charge in [-0.2, -0.15) is 0 Å². The first-order valence-corrected chi connectivity index (χ1v) is 6.83. The Morgan fingerprint density at radius 3 is 2.78 bits per heavy atom. The van der Waals surface area contributed by atoms with E-state index < -0.39 is 0 Å². The van der Waals surface area contributed by atoms with Crippen LogP contribution in [0.3, 0.4) is 0 Å². The number of ketones is 1. The van der Waals surface area contributed by atoms with Gasteiger partial charge in [-0.25, -0.2) is 0 Å². The summed E-state index contributed by atoms with van der Waals surface area (Å²) in [5.74, 6) is 0.120. The number of hydrogen-bond acceptors (Lipinski definition) is 3. The van der Waals surface area contributed by atoms with E-state index in [0.717, 1.165) is 24.3 Å². The average Bonchev–Trinajstić information content (AvgIpc) is 2.40. The van der Waals surface area contributed by atoms with Crippen LogP contribution >= 0.6 is 0 Å². The quantitative estimate of drug-likeness (QED) is 0.811. The normalized spacial score (nSPS) is 16.5. The Morgan fingerprint density at radius 1 is 1.28 bits per heavy atom. The number of benzene rings is 1. The fraction of sp³-hybridized carbons (Fsp3) is 0.533. The Hall–Kier alpha value is -1.35. The lowest BCUT2D eigenvalue weighted by Gasteiger charge is -2.26. The van der Waals surface area contributed by atoms with Crippen molar-refractivity contribution in [3.8, 4) is 0 Å². The number of hydrogen-bond donors (Lipinski definition) is 1. The zero-order valence-electron chi connectivity index (χ0n) is 11.1. The van der Waals surface area contributed by atoms with Gasteiger partial charge in [-0.15, -0.1) is 0 Å². The van der Waals surface area contributed by atoms with Crippen molar-refractivity contribution in [2.24, 2.45) is 0 Å². The second-order valence-electron chi connectivity index (χ2n) is 4.97. The van der Waals surface area contributed by atoms with E-state index in [-0.39, 0.29) is 5.78 Å². The molecule has 3 nitrogen and oxygen atoms in total. The van der Waals surface area contributed by atoms with Crippen molar-refractivity contribution in [2.75, 3.05) is 31.5 Å². The van der Waals surface area contributed by atoms with Gasteiger partial charge in [-0.1, -0.05) is 18.6 Å². The van der Waals surface area contributed by atoms with E-state index in [9.17, 15) is 4.79 Å². The maximum Gasteiger partial charge on any atom is 0.159 e. The first-order valence-electron chi connectivity index (χ1n) is 6.83. The molecular formula is C15H22N2O. The molecule has 1 heterocycles. The van der Waals surface area contributed by atoms with E-state index >= 15 is 0 Å². The molecule has 1 aromatic carbocycles. The van der Waals surface area contributed by atoms with Crippen molar-refractivity contribution in [3.05, 3.63) is 29.8 Å². The van der Waals surface area contributed by atoms with Crippen LogP contribution in [0.15, 0.2) is 24.3 Å². The summed E-state index contributed by atoms with van der Waals surface area (Å²) in [6.45, 7) is 6.10. The van der Waals surface area contributed by atoms with E-state index in [1.807, 2.05) is 24.3 Å². The SMILES string of the molecule is CC(=O)c1cccc(NCCN2CCCCC2)c1. The van der Waals surface area contributed by atoms with Gasteiger partial charge in [0.1, 0.15) is 0 Å². The smallest absolute Gasteiger partial charge is 0.159 e. The van der Waals surface area contributed by atoms with Crippen molar-refractivity contribution in [3.63, 3.8) is 0 Å². The van der Waals surface area contributed by atoms with Crippen molar-refractivity contribution in [2.45, 2.75) is 26.2 Å². The monoisotopic (exact) mass is 246 g/mol. The number of anilines is 1. The van der Waals surface area contributed by atoms with Gasteiger partial charge in [0.15, 0.2) is 5.78 Å². The second-order valence-corrected chi connectivity index (χ2v) is 4.97. The number of nitrogens with zero attached hydrogens (tertiary/aromatic N) is 1. The third kappa shape index (κ3) is 3.84. The minimum absolute atomic E-state index is 0.120. The Labute approximate surface area is 109 Å². The zero-order valence-corrected chi connectivity index (χ0v) is 11.1. The van der Waals surface area contributed by atoms with Gasteiger partial charge < -0.3 is 10.2 Å². The summed E-state index contributed by atoms with van der Waals surface area (Å²) < 4.78 is 0. The largest absolute Gasteiger partial charge is 0.384 e. The summed E-state index contributed by atoms with van der Waals surface area (Å²) in [5.41, 5.74) is 1.82. The molecule has 0 bridgehead atoms. The van der Waals surface area contributed by atoms with Crippen LogP contribution in [0.4, 0.5) is 5.69 Å². The number of Topliss-reactive ketones (excluding diaryl/α,β-unsaturated/α-hetero) is 1. The number of carbonyl (C=O) groups excluding carboxylic acids is 1.